The Morgan fingerprint density at radius 2 is 1.67 bits per heavy atom. The van der Waals surface area contributed by atoms with E-state index >= 15 is 0 Å². The molecule has 0 radical (unpaired) electrons. The van der Waals surface area contributed by atoms with Crippen LogP contribution < -0.4 is 5.32 Å². The van der Waals surface area contributed by atoms with Gasteiger partial charge in [-0.1, -0.05) is 41.4 Å². The minimum absolute atomic E-state index is 0.206. The summed E-state index contributed by atoms with van der Waals surface area (Å²) in [5.41, 5.74) is 5.30. The second-order valence-electron chi connectivity index (χ2n) is 6.57. The van der Waals surface area contributed by atoms with Crippen LogP contribution in [-0.4, -0.2) is 15.3 Å². The van der Waals surface area contributed by atoms with Crippen LogP contribution in [0.25, 0.3) is 16.9 Å². The van der Waals surface area contributed by atoms with Crippen LogP contribution >= 0.6 is 11.6 Å². The lowest BCUT2D eigenvalue weighted by Gasteiger charge is -2.08. The summed E-state index contributed by atoms with van der Waals surface area (Å²) in [5, 5.41) is 3.61. The number of carbonyl (C=O) groups excluding carboxylic acids is 1. The van der Waals surface area contributed by atoms with E-state index in [0.29, 0.717) is 16.4 Å². The Bertz CT molecular complexity index is 1130. The van der Waals surface area contributed by atoms with Gasteiger partial charge in [0.1, 0.15) is 17.2 Å². The summed E-state index contributed by atoms with van der Waals surface area (Å²) in [5.74, 6) is 0.441. The molecule has 0 fully saturated rings. The molecule has 27 heavy (non-hydrogen) atoms. The van der Waals surface area contributed by atoms with Crippen molar-refractivity contribution in [2.24, 2.45) is 0 Å². The number of carbonyl (C=O) groups is 1. The number of fused-ring (bicyclic) bond motifs is 1. The zero-order valence-electron chi connectivity index (χ0n) is 15.0. The van der Waals surface area contributed by atoms with E-state index in [1.807, 2.05) is 60.8 Å². The number of hydrogen-bond donors (Lipinski definition) is 1. The number of anilines is 1. The molecule has 5 heteroatoms. The maximum Gasteiger partial charge on any atom is 0.256 e. The number of imidazole rings is 1. The van der Waals surface area contributed by atoms with Gasteiger partial charge in [-0.2, -0.15) is 0 Å². The fourth-order valence-corrected chi connectivity index (χ4v) is 3.09. The topological polar surface area (TPSA) is 46.4 Å². The molecule has 2 aromatic carbocycles. The Morgan fingerprint density at radius 3 is 2.37 bits per heavy atom. The Kier molecular flexibility index (Phi) is 4.42. The third kappa shape index (κ3) is 3.44. The highest BCUT2D eigenvalue weighted by Crippen LogP contribution is 2.30. The maximum absolute atomic E-state index is 12.8. The molecule has 0 unspecified atom stereocenters. The molecular weight excluding hydrogens is 358 g/mol. The van der Waals surface area contributed by atoms with E-state index in [9.17, 15) is 4.79 Å². The molecule has 0 saturated heterocycles. The molecule has 1 N–H and O–H groups in total. The molecule has 0 aliphatic rings. The Hall–Kier alpha value is -3.11. The normalized spacial score (nSPS) is 10.9. The predicted octanol–water partition coefficient (Wildman–Crippen LogP) is 5.52. The number of rotatable bonds is 3. The Morgan fingerprint density at radius 1 is 0.963 bits per heavy atom. The van der Waals surface area contributed by atoms with Crippen molar-refractivity contribution in [1.82, 2.24) is 9.38 Å². The van der Waals surface area contributed by atoms with E-state index in [4.69, 9.17) is 16.6 Å². The zero-order chi connectivity index (χ0) is 19.0. The van der Waals surface area contributed by atoms with Gasteiger partial charge in [0.2, 0.25) is 0 Å². The minimum Gasteiger partial charge on any atom is -0.306 e. The lowest BCUT2D eigenvalue weighted by atomic mass is 10.1. The molecule has 0 bridgehead atoms. The van der Waals surface area contributed by atoms with Crippen LogP contribution in [0, 0.1) is 13.8 Å². The van der Waals surface area contributed by atoms with Crippen molar-refractivity contribution in [2.45, 2.75) is 13.8 Å². The smallest absolute Gasteiger partial charge is 0.256 e. The zero-order valence-corrected chi connectivity index (χ0v) is 15.8. The lowest BCUT2D eigenvalue weighted by molar-refractivity contribution is 0.102. The van der Waals surface area contributed by atoms with Gasteiger partial charge < -0.3 is 5.32 Å². The molecule has 4 nitrogen and oxygen atoms in total. The van der Waals surface area contributed by atoms with Crippen molar-refractivity contribution in [3.05, 3.63) is 88.6 Å². The van der Waals surface area contributed by atoms with Crippen LogP contribution in [0.15, 0.2) is 66.9 Å². The van der Waals surface area contributed by atoms with Gasteiger partial charge in [-0.15, -0.1) is 0 Å². The lowest BCUT2D eigenvalue weighted by Crippen LogP contribution is -2.14. The SMILES string of the molecule is Cc1ccc(-c2nc3cc(C)ccn3c2NC(=O)c2ccc(Cl)cc2)cc1. The quantitative estimate of drug-likeness (QED) is 0.512. The van der Waals surface area contributed by atoms with Crippen molar-refractivity contribution in [3.63, 3.8) is 0 Å². The van der Waals surface area contributed by atoms with Crippen LogP contribution in [0.1, 0.15) is 21.5 Å². The summed E-state index contributed by atoms with van der Waals surface area (Å²) in [7, 11) is 0. The van der Waals surface area contributed by atoms with E-state index in [2.05, 4.69) is 5.32 Å². The number of nitrogens with one attached hydrogen (secondary N) is 1. The summed E-state index contributed by atoms with van der Waals surface area (Å²) in [4.78, 5) is 17.5. The second-order valence-corrected chi connectivity index (χ2v) is 7.00. The van der Waals surface area contributed by atoms with Gasteiger partial charge in [-0.25, -0.2) is 4.98 Å². The molecule has 4 rings (SSSR count). The van der Waals surface area contributed by atoms with Crippen LogP contribution in [-0.2, 0) is 0 Å². The summed E-state index contributed by atoms with van der Waals surface area (Å²) >= 11 is 5.92. The second kappa shape index (κ2) is 6.89. The Labute approximate surface area is 162 Å². The van der Waals surface area contributed by atoms with E-state index in [0.717, 1.165) is 22.5 Å². The maximum atomic E-state index is 12.8. The van der Waals surface area contributed by atoms with Crippen molar-refractivity contribution < 1.29 is 4.79 Å². The highest BCUT2D eigenvalue weighted by Gasteiger charge is 2.17. The predicted molar refractivity (Wildman–Crippen MR) is 110 cm³/mol. The first-order chi connectivity index (χ1) is 13.0. The van der Waals surface area contributed by atoms with Crippen LogP contribution in [0.4, 0.5) is 5.82 Å². The van der Waals surface area contributed by atoms with Gasteiger partial charge in [0.05, 0.1) is 0 Å². The monoisotopic (exact) mass is 375 g/mol. The minimum atomic E-state index is -0.206. The number of hydrogen-bond acceptors (Lipinski definition) is 2. The van der Waals surface area contributed by atoms with Gasteiger partial charge in [-0.05, 0) is 55.8 Å². The summed E-state index contributed by atoms with van der Waals surface area (Å²) < 4.78 is 1.90. The molecule has 4 aromatic rings. The average Bonchev–Trinajstić information content (AvgIpc) is 3.00. The fourth-order valence-electron chi connectivity index (χ4n) is 2.96. The third-order valence-electron chi connectivity index (χ3n) is 4.44. The van der Waals surface area contributed by atoms with E-state index < -0.39 is 0 Å². The van der Waals surface area contributed by atoms with Crippen LogP contribution in [0.3, 0.4) is 0 Å². The molecular formula is C22H18ClN3O. The summed E-state index contributed by atoms with van der Waals surface area (Å²) in [6.45, 7) is 4.06. The largest absolute Gasteiger partial charge is 0.306 e. The number of nitrogens with zero attached hydrogens (tertiary/aromatic N) is 2. The number of aryl methyl sites for hydroxylation is 2. The van der Waals surface area contributed by atoms with Crippen molar-refractivity contribution >= 4 is 29.0 Å². The van der Waals surface area contributed by atoms with Gasteiger partial charge in [0.15, 0.2) is 0 Å². The van der Waals surface area contributed by atoms with E-state index in [-0.39, 0.29) is 5.91 Å². The molecule has 1 amide bonds. The van der Waals surface area contributed by atoms with Gasteiger partial charge in [0.25, 0.3) is 5.91 Å². The average molecular weight is 376 g/mol. The molecule has 134 valence electrons. The van der Waals surface area contributed by atoms with Gasteiger partial charge in [-0.3, -0.25) is 9.20 Å². The molecule has 0 atom stereocenters. The summed E-state index contributed by atoms with van der Waals surface area (Å²) in [6.07, 6.45) is 1.92. The standard InChI is InChI=1S/C22H18ClN3O/c1-14-3-5-16(6-4-14)20-21(26-12-11-15(2)13-19(26)24-20)25-22(27)17-7-9-18(23)10-8-17/h3-13H,1-2H3,(H,25,27). The molecule has 0 spiro atoms. The molecule has 0 aliphatic heterocycles. The highest BCUT2D eigenvalue weighted by molar-refractivity contribution is 6.30. The molecule has 2 aromatic heterocycles. The Balaban J connectivity index is 1.82. The number of aromatic nitrogens is 2. The number of pyridine rings is 1. The third-order valence-corrected chi connectivity index (χ3v) is 4.70. The van der Waals surface area contributed by atoms with Gasteiger partial charge >= 0.3 is 0 Å². The van der Waals surface area contributed by atoms with Crippen LogP contribution in [0.5, 0.6) is 0 Å². The highest BCUT2D eigenvalue weighted by atomic mass is 35.5. The number of benzene rings is 2. The van der Waals surface area contributed by atoms with Gasteiger partial charge in [0, 0.05) is 22.3 Å². The first-order valence-corrected chi connectivity index (χ1v) is 9.02. The van der Waals surface area contributed by atoms with Crippen molar-refractivity contribution in [2.75, 3.05) is 5.32 Å². The summed E-state index contributed by atoms with van der Waals surface area (Å²) in [6, 6.07) is 18.9. The molecule has 0 aliphatic carbocycles. The van der Waals surface area contributed by atoms with Crippen LogP contribution in [0.2, 0.25) is 5.02 Å². The van der Waals surface area contributed by atoms with E-state index in [1.54, 1.807) is 24.3 Å². The first-order valence-electron chi connectivity index (χ1n) is 8.64. The first kappa shape index (κ1) is 17.3. The molecule has 0 saturated carbocycles. The fraction of sp³-hybridized carbons (Fsp3) is 0.0909. The van der Waals surface area contributed by atoms with Crippen molar-refractivity contribution in [1.29, 1.82) is 0 Å². The molecule has 2 heterocycles. The van der Waals surface area contributed by atoms with Crippen molar-refractivity contribution in [3.8, 4) is 11.3 Å². The number of halogens is 1. The van der Waals surface area contributed by atoms with E-state index in [1.165, 1.54) is 5.56 Å². The number of amides is 1.